The Morgan fingerprint density at radius 2 is 1.81 bits per heavy atom. The van der Waals surface area contributed by atoms with E-state index in [4.69, 9.17) is 11.5 Å². The standard InChI is InChI=1S/C26H30FN7O2/c27-21-13-16(5-11-22(21)34-26(36)31-15-17-6-12-23(28)30-14-17)3-1-2-4-18-9-10-20(24(29)35)25(32-18)33-19-7-8-19/h5-6,9-14,19H,1-4,7-8,15H2,(H2,28,30)(H2,29,35)(H,32,33)(H2,31,34,36). The lowest BCUT2D eigenvalue weighted by Gasteiger charge is -2.11. The maximum Gasteiger partial charge on any atom is 0.319 e. The molecule has 3 amide bonds. The molecule has 3 aromatic rings. The van der Waals surface area contributed by atoms with E-state index < -0.39 is 17.8 Å². The van der Waals surface area contributed by atoms with Gasteiger partial charge >= 0.3 is 6.03 Å². The van der Waals surface area contributed by atoms with Crippen LogP contribution >= 0.6 is 0 Å². The number of carbonyl (C=O) groups excluding carboxylic acids is 2. The molecule has 1 aromatic carbocycles. The zero-order valence-electron chi connectivity index (χ0n) is 19.9. The summed E-state index contributed by atoms with van der Waals surface area (Å²) in [5.41, 5.74) is 14.0. The number of nitrogen functional groups attached to an aromatic ring is 1. The van der Waals surface area contributed by atoms with Gasteiger partial charge in [0, 0.05) is 24.5 Å². The summed E-state index contributed by atoms with van der Waals surface area (Å²) in [4.78, 5) is 32.3. The molecule has 9 nitrogen and oxygen atoms in total. The lowest BCUT2D eigenvalue weighted by molar-refractivity contribution is 0.100. The molecule has 0 spiro atoms. The van der Waals surface area contributed by atoms with E-state index in [-0.39, 0.29) is 12.2 Å². The Morgan fingerprint density at radius 3 is 2.50 bits per heavy atom. The molecule has 0 atom stereocenters. The van der Waals surface area contributed by atoms with Gasteiger partial charge in [-0.3, -0.25) is 4.79 Å². The molecule has 0 bridgehead atoms. The number of primary amides is 1. The molecule has 4 rings (SSSR count). The summed E-state index contributed by atoms with van der Waals surface area (Å²) in [7, 11) is 0. The molecule has 0 unspecified atom stereocenters. The third kappa shape index (κ3) is 7.14. The van der Waals surface area contributed by atoms with Crippen LogP contribution in [0.4, 0.5) is 26.5 Å². The Kier molecular flexibility index (Phi) is 7.94. The summed E-state index contributed by atoms with van der Waals surface area (Å²) in [6, 6.07) is 11.6. The first-order chi connectivity index (χ1) is 17.4. The number of nitrogens with one attached hydrogen (secondary N) is 3. The average Bonchev–Trinajstić information content (AvgIpc) is 3.67. The number of aryl methyl sites for hydroxylation is 2. The normalized spacial score (nSPS) is 12.7. The highest BCUT2D eigenvalue weighted by atomic mass is 19.1. The molecule has 1 aliphatic carbocycles. The van der Waals surface area contributed by atoms with Gasteiger partial charge in [0.25, 0.3) is 5.91 Å². The molecule has 1 aliphatic rings. The fourth-order valence-electron chi connectivity index (χ4n) is 3.71. The van der Waals surface area contributed by atoms with E-state index in [0.29, 0.717) is 29.7 Å². The summed E-state index contributed by atoms with van der Waals surface area (Å²) >= 11 is 0. The fourth-order valence-corrected chi connectivity index (χ4v) is 3.71. The van der Waals surface area contributed by atoms with Gasteiger partial charge in [0.05, 0.1) is 11.3 Å². The molecule has 0 radical (unpaired) electrons. The quantitative estimate of drug-likeness (QED) is 0.258. The van der Waals surface area contributed by atoms with Crippen molar-refractivity contribution in [2.75, 3.05) is 16.4 Å². The first-order valence-corrected chi connectivity index (χ1v) is 12.0. The lowest BCUT2D eigenvalue weighted by Crippen LogP contribution is -2.28. The molecule has 2 heterocycles. The van der Waals surface area contributed by atoms with E-state index in [9.17, 15) is 14.0 Å². The van der Waals surface area contributed by atoms with Crippen LogP contribution in [0.15, 0.2) is 48.7 Å². The van der Waals surface area contributed by atoms with Crippen LogP contribution in [-0.2, 0) is 19.4 Å². The second kappa shape index (κ2) is 11.5. The van der Waals surface area contributed by atoms with Crippen molar-refractivity contribution < 1.29 is 14.0 Å². The largest absolute Gasteiger partial charge is 0.384 e. The van der Waals surface area contributed by atoms with Crippen molar-refractivity contribution in [2.45, 2.75) is 51.1 Å². The predicted octanol–water partition coefficient (Wildman–Crippen LogP) is 3.76. The van der Waals surface area contributed by atoms with E-state index in [0.717, 1.165) is 48.9 Å². The van der Waals surface area contributed by atoms with Crippen molar-refractivity contribution in [1.29, 1.82) is 0 Å². The Hall–Kier alpha value is -4.21. The minimum absolute atomic E-state index is 0.112. The van der Waals surface area contributed by atoms with Crippen LogP contribution in [-0.4, -0.2) is 27.9 Å². The first-order valence-electron chi connectivity index (χ1n) is 12.0. The van der Waals surface area contributed by atoms with Crippen molar-refractivity contribution in [2.24, 2.45) is 5.73 Å². The zero-order valence-corrected chi connectivity index (χ0v) is 19.9. The van der Waals surface area contributed by atoms with Gasteiger partial charge in [0.15, 0.2) is 0 Å². The molecule has 36 heavy (non-hydrogen) atoms. The van der Waals surface area contributed by atoms with Gasteiger partial charge in [-0.25, -0.2) is 19.2 Å². The molecular weight excluding hydrogens is 461 g/mol. The summed E-state index contributed by atoms with van der Waals surface area (Å²) in [5.74, 6) is -0.0249. The van der Waals surface area contributed by atoms with Crippen molar-refractivity contribution in [3.8, 4) is 0 Å². The lowest BCUT2D eigenvalue weighted by atomic mass is 10.0. The van der Waals surface area contributed by atoms with Crippen molar-refractivity contribution in [3.63, 3.8) is 0 Å². The zero-order chi connectivity index (χ0) is 25.5. The number of unbranched alkanes of at least 4 members (excludes halogenated alkanes) is 1. The third-order valence-corrected chi connectivity index (χ3v) is 5.87. The summed E-state index contributed by atoms with van der Waals surface area (Å²) in [5, 5.41) is 8.46. The second-order valence-corrected chi connectivity index (χ2v) is 8.90. The molecule has 1 saturated carbocycles. The van der Waals surface area contributed by atoms with E-state index >= 15 is 0 Å². The van der Waals surface area contributed by atoms with Gasteiger partial charge < -0.3 is 27.4 Å². The second-order valence-electron chi connectivity index (χ2n) is 8.90. The number of rotatable bonds is 11. The van der Waals surface area contributed by atoms with E-state index in [1.54, 1.807) is 36.5 Å². The topological polar surface area (TPSA) is 148 Å². The minimum Gasteiger partial charge on any atom is -0.384 e. The average molecular weight is 492 g/mol. The first kappa shape index (κ1) is 24.9. The number of anilines is 3. The maximum absolute atomic E-state index is 14.5. The van der Waals surface area contributed by atoms with Crippen LogP contribution in [0.5, 0.6) is 0 Å². The van der Waals surface area contributed by atoms with Gasteiger partial charge in [-0.15, -0.1) is 0 Å². The van der Waals surface area contributed by atoms with Crippen molar-refractivity contribution >= 4 is 29.3 Å². The highest BCUT2D eigenvalue weighted by Gasteiger charge is 2.23. The summed E-state index contributed by atoms with van der Waals surface area (Å²) in [6.07, 6.45) is 6.84. The van der Waals surface area contributed by atoms with Crippen molar-refractivity contribution in [1.82, 2.24) is 15.3 Å². The molecule has 10 heteroatoms. The highest BCUT2D eigenvalue weighted by Crippen LogP contribution is 2.26. The van der Waals surface area contributed by atoms with Gasteiger partial charge in [-0.05, 0) is 80.0 Å². The maximum atomic E-state index is 14.5. The Labute approximate surface area is 208 Å². The number of hydrogen-bond donors (Lipinski definition) is 5. The number of nitrogens with two attached hydrogens (primary N) is 2. The predicted molar refractivity (Wildman–Crippen MR) is 137 cm³/mol. The number of pyridine rings is 2. The smallest absolute Gasteiger partial charge is 0.319 e. The molecule has 2 aromatic heterocycles. The Balaban J connectivity index is 1.23. The van der Waals surface area contributed by atoms with Gasteiger partial charge in [0.2, 0.25) is 0 Å². The van der Waals surface area contributed by atoms with Crippen LogP contribution < -0.4 is 27.4 Å². The summed E-state index contributed by atoms with van der Waals surface area (Å²) < 4.78 is 14.5. The van der Waals surface area contributed by atoms with Crippen LogP contribution in [0.2, 0.25) is 0 Å². The SMILES string of the molecule is NC(=O)c1ccc(CCCCc2ccc(NC(=O)NCc3ccc(N)nc3)c(F)c2)nc1NC1CC1. The number of benzene rings is 1. The van der Waals surface area contributed by atoms with Crippen LogP contribution in [0.25, 0.3) is 0 Å². The Morgan fingerprint density at radius 1 is 1.03 bits per heavy atom. The van der Waals surface area contributed by atoms with E-state index in [2.05, 4.69) is 25.9 Å². The number of carbonyl (C=O) groups is 2. The molecule has 188 valence electrons. The van der Waals surface area contributed by atoms with Gasteiger partial charge in [-0.1, -0.05) is 12.1 Å². The van der Waals surface area contributed by atoms with Gasteiger partial charge in [-0.2, -0.15) is 0 Å². The molecule has 7 N–H and O–H groups in total. The van der Waals surface area contributed by atoms with Crippen LogP contribution in [0, 0.1) is 5.82 Å². The van der Waals surface area contributed by atoms with Crippen LogP contribution in [0.1, 0.15) is 52.9 Å². The van der Waals surface area contributed by atoms with E-state index in [1.807, 2.05) is 6.07 Å². The third-order valence-electron chi connectivity index (χ3n) is 5.87. The number of nitrogens with zero attached hydrogens (tertiary/aromatic N) is 2. The van der Waals surface area contributed by atoms with Gasteiger partial charge in [0.1, 0.15) is 17.5 Å². The molecular formula is C26H30FN7O2. The number of urea groups is 1. The number of amides is 3. The molecule has 0 aliphatic heterocycles. The Bertz CT molecular complexity index is 1230. The number of halogens is 1. The monoisotopic (exact) mass is 491 g/mol. The van der Waals surface area contributed by atoms with Crippen molar-refractivity contribution in [3.05, 3.63) is 76.9 Å². The van der Waals surface area contributed by atoms with E-state index in [1.165, 1.54) is 6.07 Å². The summed E-state index contributed by atoms with van der Waals surface area (Å²) in [6.45, 7) is 0.247. The minimum atomic E-state index is -0.510. The molecule has 1 fully saturated rings. The van der Waals surface area contributed by atoms with Crippen LogP contribution in [0.3, 0.4) is 0 Å². The highest BCUT2D eigenvalue weighted by molar-refractivity contribution is 5.97. The number of aromatic nitrogens is 2. The fraction of sp³-hybridized carbons (Fsp3) is 0.308. The number of hydrogen-bond acceptors (Lipinski definition) is 6. The molecule has 0 saturated heterocycles.